The fourth-order valence-corrected chi connectivity index (χ4v) is 0.185. The first-order chi connectivity index (χ1) is 2.93. The van der Waals surface area contributed by atoms with Gasteiger partial charge in [-0.05, 0) is 12.0 Å². The van der Waals surface area contributed by atoms with Crippen LogP contribution in [0.4, 0.5) is 0 Å². The molecule has 0 saturated heterocycles. The predicted molar refractivity (Wildman–Crippen MR) is 21.8 cm³/mol. The molecule has 0 aromatic carbocycles. The molecule has 0 N–H and O–H groups in total. The van der Waals surface area contributed by atoms with E-state index >= 15 is 0 Å². The van der Waals surface area contributed by atoms with E-state index in [2.05, 4.69) is 10.0 Å². The third-order valence-electron chi connectivity index (χ3n) is 0.560. The molecule has 0 unspecified atom stereocenters. The van der Waals surface area contributed by atoms with Crippen LogP contribution in [0.25, 0.3) is 10.4 Å². The third kappa shape index (κ3) is 0.503. The molecule has 0 heterocycles. The van der Waals surface area contributed by atoms with Gasteiger partial charge in [0, 0.05) is 10.6 Å². The molecule has 6 heavy (non-hydrogen) atoms. The molecule has 0 spiro atoms. The van der Waals surface area contributed by atoms with Gasteiger partial charge in [-0.1, -0.05) is 11.2 Å². The maximum Gasteiger partial charge on any atom is 0.0152 e. The van der Waals surface area contributed by atoms with Crippen LogP contribution in [-0.4, -0.2) is 0 Å². The van der Waals surface area contributed by atoms with Gasteiger partial charge in [0.2, 0.25) is 0 Å². The second kappa shape index (κ2) is 1.03. The molecule has 0 atom stereocenters. The molecule has 0 bridgehead atoms. The monoisotopic (exact) mass is 81.0 g/mol. The summed E-state index contributed by atoms with van der Waals surface area (Å²) in [6, 6.07) is 0. The molecule has 3 heteroatoms. The van der Waals surface area contributed by atoms with E-state index in [-0.39, 0.29) is 0 Å². The van der Waals surface area contributed by atoms with Crippen molar-refractivity contribution >= 4 is 0 Å². The van der Waals surface area contributed by atoms with Crippen molar-refractivity contribution in [3.8, 4) is 0 Å². The molecule has 0 aromatic heterocycles. The Balaban J connectivity index is 2.54. The van der Waals surface area contributed by atoms with Crippen molar-refractivity contribution in [3.05, 3.63) is 22.2 Å². The molecular weight excluding hydrogens is 78.1 g/mol. The summed E-state index contributed by atoms with van der Waals surface area (Å²) in [5.41, 5.74) is 8.57. The second-order valence-corrected chi connectivity index (χ2v) is 1.09. The maximum atomic E-state index is 7.69. The Kier molecular flexibility index (Phi) is 0.557. The van der Waals surface area contributed by atoms with Crippen LogP contribution < -0.4 is 0 Å². The van der Waals surface area contributed by atoms with Crippen LogP contribution in [0.3, 0.4) is 0 Å². The second-order valence-electron chi connectivity index (χ2n) is 1.09. The first-order valence-corrected chi connectivity index (χ1v) is 1.67. The van der Waals surface area contributed by atoms with Gasteiger partial charge in [0.15, 0.2) is 0 Å². The van der Waals surface area contributed by atoms with Crippen molar-refractivity contribution in [1.29, 1.82) is 0 Å². The molecule has 0 aliphatic heterocycles. The highest BCUT2D eigenvalue weighted by Crippen LogP contribution is 2.18. The van der Waals surface area contributed by atoms with E-state index in [1.807, 2.05) is 6.08 Å². The highest BCUT2D eigenvalue weighted by molar-refractivity contribution is 5.19. The lowest BCUT2D eigenvalue weighted by atomic mass is 10.8. The lowest BCUT2D eigenvalue weighted by Gasteiger charge is -1.55. The SMILES string of the molecule is [N-]=[N+]=NC1=CC1. The summed E-state index contributed by atoms with van der Waals surface area (Å²) in [7, 11) is 0. The summed E-state index contributed by atoms with van der Waals surface area (Å²) in [6.45, 7) is 0. The zero-order chi connectivity index (χ0) is 4.41. The zero-order valence-corrected chi connectivity index (χ0v) is 3.13. The summed E-state index contributed by atoms with van der Waals surface area (Å²) in [5, 5.41) is 3.28. The van der Waals surface area contributed by atoms with Crippen LogP contribution >= 0.6 is 0 Å². The minimum atomic E-state index is 0.873. The van der Waals surface area contributed by atoms with Gasteiger partial charge in [-0.2, -0.15) is 0 Å². The van der Waals surface area contributed by atoms with Crippen LogP contribution in [0, 0.1) is 0 Å². The minimum absolute atomic E-state index is 0.873. The lowest BCUT2D eigenvalue weighted by Crippen LogP contribution is -1.36. The largest absolute Gasteiger partial charge is 0.0745 e. The van der Waals surface area contributed by atoms with Crippen LogP contribution in [0.15, 0.2) is 16.9 Å². The van der Waals surface area contributed by atoms with E-state index in [1.54, 1.807) is 0 Å². The van der Waals surface area contributed by atoms with Gasteiger partial charge in [0.05, 0.1) is 0 Å². The Morgan fingerprint density at radius 3 is 2.83 bits per heavy atom. The molecule has 0 fully saturated rings. The molecule has 0 amide bonds. The van der Waals surface area contributed by atoms with Gasteiger partial charge in [0.1, 0.15) is 0 Å². The first-order valence-electron chi connectivity index (χ1n) is 1.67. The van der Waals surface area contributed by atoms with Gasteiger partial charge in [-0.25, -0.2) is 0 Å². The summed E-state index contributed by atoms with van der Waals surface area (Å²) in [6.07, 6.45) is 2.77. The summed E-state index contributed by atoms with van der Waals surface area (Å²) >= 11 is 0. The van der Waals surface area contributed by atoms with Crippen molar-refractivity contribution in [2.24, 2.45) is 5.11 Å². The number of hydrogen-bond donors (Lipinski definition) is 0. The van der Waals surface area contributed by atoms with Gasteiger partial charge >= 0.3 is 0 Å². The highest BCUT2D eigenvalue weighted by Gasteiger charge is 2.00. The van der Waals surface area contributed by atoms with Crippen LogP contribution in [0.1, 0.15) is 6.42 Å². The fourth-order valence-electron chi connectivity index (χ4n) is 0.185. The van der Waals surface area contributed by atoms with Crippen molar-refractivity contribution in [2.45, 2.75) is 6.42 Å². The Hall–Kier alpha value is -0.950. The van der Waals surface area contributed by atoms with E-state index in [4.69, 9.17) is 5.53 Å². The van der Waals surface area contributed by atoms with Crippen molar-refractivity contribution in [1.82, 2.24) is 0 Å². The van der Waals surface area contributed by atoms with Gasteiger partial charge < -0.3 is 0 Å². The van der Waals surface area contributed by atoms with E-state index < -0.39 is 0 Å². The van der Waals surface area contributed by atoms with E-state index in [1.165, 1.54) is 0 Å². The van der Waals surface area contributed by atoms with Crippen molar-refractivity contribution in [3.63, 3.8) is 0 Å². The van der Waals surface area contributed by atoms with Gasteiger partial charge in [-0.3, -0.25) is 0 Å². The quantitative estimate of drug-likeness (QED) is 0.261. The lowest BCUT2D eigenvalue weighted by molar-refractivity contribution is 1.35. The summed E-state index contributed by atoms with van der Waals surface area (Å²) in [5.74, 6) is 0. The van der Waals surface area contributed by atoms with Crippen LogP contribution in [0.5, 0.6) is 0 Å². The molecule has 0 radical (unpaired) electrons. The van der Waals surface area contributed by atoms with Gasteiger partial charge in [-0.15, -0.1) is 0 Å². The summed E-state index contributed by atoms with van der Waals surface area (Å²) < 4.78 is 0. The Morgan fingerprint density at radius 1 is 2.00 bits per heavy atom. The Morgan fingerprint density at radius 2 is 2.67 bits per heavy atom. The third-order valence-corrected chi connectivity index (χ3v) is 0.560. The number of hydrogen-bond acceptors (Lipinski definition) is 1. The average molecular weight is 81.1 g/mol. The standard InChI is InChI=1S/C3H3N3/c4-6-5-3-1-2-3/h1H,2H2. The molecular formula is C3H3N3. The molecule has 1 aliphatic carbocycles. The fraction of sp³-hybridized carbons (Fsp3) is 0.333. The van der Waals surface area contributed by atoms with Crippen molar-refractivity contribution < 1.29 is 0 Å². The average Bonchev–Trinajstić information content (AvgIpc) is 2.21. The van der Waals surface area contributed by atoms with Crippen LogP contribution in [0.2, 0.25) is 0 Å². The number of rotatable bonds is 1. The number of allylic oxidation sites excluding steroid dienone is 2. The molecule has 0 aromatic rings. The molecule has 1 aliphatic rings. The van der Waals surface area contributed by atoms with E-state index in [0.29, 0.717) is 0 Å². The Labute approximate surface area is 34.9 Å². The minimum Gasteiger partial charge on any atom is -0.0745 e. The predicted octanol–water partition coefficient (Wildman–Crippen LogP) is 1.58. The van der Waals surface area contributed by atoms with Crippen LogP contribution in [-0.2, 0) is 0 Å². The van der Waals surface area contributed by atoms with E-state index in [0.717, 1.165) is 12.1 Å². The molecule has 3 nitrogen and oxygen atoms in total. The highest BCUT2D eigenvalue weighted by atomic mass is 15.1. The normalized spacial score (nSPS) is 15.0. The Bertz CT molecular complexity index is 129. The molecule has 0 saturated carbocycles. The number of azide groups is 1. The van der Waals surface area contributed by atoms with E-state index in [9.17, 15) is 0 Å². The summed E-state index contributed by atoms with van der Waals surface area (Å²) in [4.78, 5) is 2.55. The first kappa shape index (κ1) is 3.25. The number of nitrogens with zero attached hydrogens (tertiary/aromatic N) is 3. The smallest absolute Gasteiger partial charge is 0.0152 e. The topological polar surface area (TPSA) is 48.8 Å². The molecule has 30 valence electrons. The van der Waals surface area contributed by atoms with Gasteiger partial charge in [0.25, 0.3) is 0 Å². The van der Waals surface area contributed by atoms with Crippen molar-refractivity contribution in [2.75, 3.05) is 0 Å². The maximum absolute atomic E-state index is 7.69. The molecule has 1 rings (SSSR count). The zero-order valence-electron chi connectivity index (χ0n) is 3.13.